The molecule has 0 amide bonds. The van der Waals surface area contributed by atoms with Gasteiger partial charge in [0.15, 0.2) is 11.5 Å². The minimum Gasteiger partial charge on any atom is -0.490 e. The summed E-state index contributed by atoms with van der Waals surface area (Å²) in [6.45, 7) is 12.6. The molecule has 0 saturated heterocycles. The van der Waals surface area contributed by atoms with Crippen LogP contribution in [0.5, 0.6) is 11.5 Å². The van der Waals surface area contributed by atoms with E-state index in [4.69, 9.17) is 21.1 Å². The maximum absolute atomic E-state index is 6.32. The second kappa shape index (κ2) is 8.38. The van der Waals surface area contributed by atoms with Gasteiger partial charge in [0, 0.05) is 17.6 Å². The van der Waals surface area contributed by atoms with Crippen LogP contribution in [-0.4, -0.2) is 19.3 Å². The Bertz CT molecular complexity index is 419. The van der Waals surface area contributed by atoms with Crippen molar-refractivity contribution in [3.63, 3.8) is 0 Å². The van der Waals surface area contributed by atoms with Crippen LogP contribution in [0.25, 0.3) is 0 Å². The molecule has 0 fully saturated rings. The molecule has 0 aliphatic carbocycles. The molecule has 114 valence electrons. The molecule has 0 aliphatic heterocycles. The van der Waals surface area contributed by atoms with E-state index < -0.39 is 0 Å². The van der Waals surface area contributed by atoms with E-state index in [1.54, 1.807) is 0 Å². The Morgan fingerprint density at radius 2 is 1.85 bits per heavy atom. The standard InChI is InChI=1S/C16H26ClNO2/c1-6-19-15-7-13(10-18-9-11(2)3)14(17)8-16(15)20-12(4)5/h7-8,11-12,18H,6,9-10H2,1-5H3. The van der Waals surface area contributed by atoms with Crippen LogP contribution in [0.1, 0.15) is 40.2 Å². The Labute approximate surface area is 127 Å². The van der Waals surface area contributed by atoms with Gasteiger partial charge < -0.3 is 14.8 Å². The van der Waals surface area contributed by atoms with E-state index in [9.17, 15) is 0 Å². The fourth-order valence-electron chi connectivity index (χ4n) is 1.82. The highest BCUT2D eigenvalue weighted by Crippen LogP contribution is 2.34. The van der Waals surface area contributed by atoms with Gasteiger partial charge in [-0.3, -0.25) is 0 Å². The van der Waals surface area contributed by atoms with E-state index in [1.807, 2.05) is 32.9 Å². The summed E-state index contributed by atoms with van der Waals surface area (Å²) in [5.74, 6) is 2.08. The van der Waals surface area contributed by atoms with Gasteiger partial charge in [0.25, 0.3) is 0 Å². The van der Waals surface area contributed by atoms with Crippen molar-refractivity contribution in [2.45, 2.75) is 47.3 Å². The molecule has 0 heterocycles. The molecule has 0 aliphatic rings. The molecular weight excluding hydrogens is 274 g/mol. The van der Waals surface area contributed by atoms with Gasteiger partial charge in [0.2, 0.25) is 0 Å². The highest BCUT2D eigenvalue weighted by Gasteiger charge is 2.12. The Morgan fingerprint density at radius 1 is 1.15 bits per heavy atom. The first-order valence-electron chi connectivity index (χ1n) is 7.26. The number of hydrogen-bond acceptors (Lipinski definition) is 3. The lowest BCUT2D eigenvalue weighted by atomic mass is 10.1. The van der Waals surface area contributed by atoms with Crippen molar-refractivity contribution in [1.82, 2.24) is 5.32 Å². The summed E-state index contributed by atoms with van der Waals surface area (Å²) in [5.41, 5.74) is 1.03. The summed E-state index contributed by atoms with van der Waals surface area (Å²) in [6.07, 6.45) is 0.0928. The molecule has 0 atom stereocenters. The van der Waals surface area contributed by atoms with E-state index >= 15 is 0 Å². The zero-order chi connectivity index (χ0) is 15.1. The second-order valence-corrected chi connectivity index (χ2v) is 5.92. The SMILES string of the molecule is CCOc1cc(CNCC(C)C)c(Cl)cc1OC(C)C. The molecular formula is C16H26ClNO2. The Balaban J connectivity index is 2.88. The normalized spacial score (nSPS) is 11.2. The van der Waals surface area contributed by atoms with Crippen molar-refractivity contribution in [3.05, 3.63) is 22.7 Å². The molecule has 1 aromatic rings. The molecule has 20 heavy (non-hydrogen) atoms. The summed E-state index contributed by atoms with van der Waals surface area (Å²) < 4.78 is 11.4. The third kappa shape index (κ3) is 5.59. The second-order valence-electron chi connectivity index (χ2n) is 5.51. The van der Waals surface area contributed by atoms with Gasteiger partial charge in [0.05, 0.1) is 12.7 Å². The zero-order valence-electron chi connectivity index (χ0n) is 13.1. The molecule has 0 saturated carbocycles. The first-order chi connectivity index (χ1) is 9.43. The maximum atomic E-state index is 6.32. The lowest BCUT2D eigenvalue weighted by Gasteiger charge is -2.17. The van der Waals surface area contributed by atoms with E-state index in [2.05, 4.69) is 19.2 Å². The topological polar surface area (TPSA) is 30.5 Å². The van der Waals surface area contributed by atoms with Gasteiger partial charge in [0.1, 0.15) is 0 Å². The fourth-order valence-corrected chi connectivity index (χ4v) is 2.04. The van der Waals surface area contributed by atoms with Crippen LogP contribution in [0.15, 0.2) is 12.1 Å². The number of benzene rings is 1. The average Bonchev–Trinajstić information content (AvgIpc) is 2.33. The van der Waals surface area contributed by atoms with E-state index in [0.717, 1.165) is 24.4 Å². The lowest BCUT2D eigenvalue weighted by molar-refractivity contribution is 0.223. The van der Waals surface area contributed by atoms with Crippen LogP contribution in [0.3, 0.4) is 0 Å². The summed E-state index contributed by atoms with van der Waals surface area (Å²) in [7, 11) is 0. The minimum atomic E-state index is 0.0928. The van der Waals surface area contributed by atoms with Crippen molar-refractivity contribution in [2.24, 2.45) is 5.92 Å². The summed E-state index contributed by atoms with van der Waals surface area (Å²) in [5, 5.41) is 4.10. The van der Waals surface area contributed by atoms with Crippen molar-refractivity contribution in [1.29, 1.82) is 0 Å². The van der Waals surface area contributed by atoms with Crippen molar-refractivity contribution in [3.8, 4) is 11.5 Å². The van der Waals surface area contributed by atoms with Crippen molar-refractivity contribution >= 4 is 11.6 Å². The van der Waals surface area contributed by atoms with Crippen LogP contribution in [0.4, 0.5) is 0 Å². The zero-order valence-corrected chi connectivity index (χ0v) is 13.9. The molecule has 0 unspecified atom stereocenters. The third-order valence-corrected chi connectivity index (χ3v) is 3.00. The smallest absolute Gasteiger partial charge is 0.163 e. The monoisotopic (exact) mass is 299 g/mol. The first kappa shape index (κ1) is 17.1. The minimum absolute atomic E-state index is 0.0928. The van der Waals surface area contributed by atoms with Crippen LogP contribution in [-0.2, 0) is 6.54 Å². The lowest BCUT2D eigenvalue weighted by Crippen LogP contribution is -2.19. The molecule has 1 rings (SSSR count). The van der Waals surface area contributed by atoms with Crippen molar-refractivity contribution < 1.29 is 9.47 Å². The Hall–Kier alpha value is -0.930. The Morgan fingerprint density at radius 3 is 2.40 bits per heavy atom. The molecule has 4 heteroatoms. The van der Waals surface area contributed by atoms with E-state index in [-0.39, 0.29) is 6.10 Å². The fraction of sp³-hybridized carbons (Fsp3) is 0.625. The van der Waals surface area contributed by atoms with Crippen LogP contribution >= 0.6 is 11.6 Å². The summed E-state index contributed by atoms with van der Waals surface area (Å²) in [6, 6.07) is 3.82. The largest absolute Gasteiger partial charge is 0.490 e. The average molecular weight is 300 g/mol. The van der Waals surface area contributed by atoms with Gasteiger partial charge >= 0.3 is 0 Å². The molecule has 0 aromatic heterocycles. The van der Waals surface area contributed by atoms with Crippen LogP contribution in [0, 0.1) is 5.92 Å². The van der Waals surface area contributed by atoms with Gasteiger partial charge in [-0.15, -0.1) is 0 Å². The number of rotatable bonds is 8. The van der Waals surface area contributed by atoms with Gasteiger partial charge in [-0.25, -0.2) is 0 Å². The highest BCUT2D eigenvalue weighted by molar-refractivity contribution is 6.31. The highest BCUT2D eigenvalue weighted by atomic mass is 35.5. The van der Waals surface area contributed by atoms with Crippen LogP contribution < -0.4 is 14.8 Å². The third-order valence-electron chi connectivity index (χ3n) is 2.64. The first-order valence-corrected chi connectivity index (χ1v) is 7.64. The van der Waals surface area contributed by atoms with Gasteiger partial charge in [-0.2, -0.15) is 0 Å². The number of hydrogen-bond donors (Lipinski definition) is 1. The van der Waals surface area contributed by atoms with Crippen LogP contribution in [0.2, 0.25) is 5.02 Å². The molecule has 0 radical (unpaired) electrons. The summed E-state index contributed by atoms with van der Waals surface area (Å²) in [4.78, 5) is 0. The summed E-state index contributed by atoms with van der Waals surface area (Å²) >= 11 is 6.32. The molecule has 0 spiro atoms. The molecule has 3 nitrogen and oxygen atoms in total. The molecule has 1 N–H and O–H groups in total. The quantitative estimate of drug-likeness (QED) is 0.777. The predicted octanol–water partition coefficient (Wildman–Crippen LogP) is 4.27. The van der Waals surface area contributed by atoms with E-state index in [1.165, 1.54) is 0 Å². The predicted molar refractivity (Wildman–Crippen MR) is 84.9 cm³/mol. The Kier molecular flexibility index (Phi) is 7.17. The van der Waals surface area contributed by atoms with Gasteiger partial charge in [-0.05, 0) is 44.9 Å². The number of halogens is 1. The van der Waals surface area contributed by atoms with Gasteiger partial charge in [-0.1, -0.05) is 25.4 Å². The van der Waals surface area contributed by atoms with E-state index in [0.29, 0.717) is 23.3 Å². The number of nitrogens with one attached hydrogen (secondary N) is 1. The molecule has 0 bridgehead atoms. The number of ether oxygens (including phenoxy) is 2. The maximum Gasteiger partial charge on any atom is 0.163 e. The molecule has 1 aromatic carbocycles. The van der Waals surface area contributed by atoms with Crippen molar-refractivity contribution in [2.75, 3.05) is 13.2 Å².